The summed E-state index contributed by atoms with van der Waals surface area (Å²) < 4.78 is 12.9. The lowest BCUT2D eigenvalue weighted by Gasteiger charge is -2.31. The Bertz CT molecular complexity index is 619. The number of likely N-dealkylation sites (tertiary alicyclic amines) is 1. The molecule has 1 aliphatic rings. The van der Waals surface area contributed by atoms with Crippen molar-refractivity contribution in [2.24, 2.45) is 5.92 Å². The molecular formula is C18H21FN2OS. The van der Waals surface area contributed by atoms with E-state index in [9.17, 15) is 9.18 Å². The molecule has 0 spiro atoms. The number of nitrogens with zero attached hydrogens (tertiary/aromatic N) is 1. The highest BCUT2D eigenvalue weighted by atomic mass is 32.1. The zero-order valence-corrected chi connectivity index (χ0v) is 13.8. The summed E-state index contributed by atoms with van der Waals surface area (Å²) in [6, 6.07) is 7.86. The second kappa shape index (κ2) is 7.70. The molecule has 0 saturated carbocycles. The monoisotopic (exact) mass is 332 g/mol. The molecule has 0 radical (unpaired) electrons. The molecule has 3 rings (SSSR count). The SMILES string of the molecule is O=C(NCC1CCN(Cc2ccsc2)CC1)c1ccc(F)cc1. The van der Waals surface area contributed by atoms with E-state index in [0.717, 1.165) is 32.5 Å². The van der Waals surface area contributed by atoms with Crippen molar-refractivity contribution in [3.05, 3.63) is 58.0 Å². The summed E-state index contributed by atoms with van der Waals surface area (Å²) in [5, 5.41) is 7.29. The fourth-order valence-electron chi connectivity index (χ4n) is 2.93. The fraction of sp³-hybridized carbons (Fsp3) is 0.389. The number of halogens is 1. The van der Waals surface area contributed by atoms with Gasteiger partial charge in [-0.3, -0.25) is 9.69 Å². The minimum Gasteiger partial charge on any atom is -0.352 e. The van der Waals surface area contributed by atoms with Crippen molar-refractivity contribution in [2.45, 2.75) is 19.4 Å². The van der Waals surface area contributed by atoms with Gasteiger partial charge in [-0.25, -0.2) is 4.39 Å². The van der Waals surface area contributed by atoms with Gasteiger partial charge in [-0.1, -0.05) is 0 Å². The summed E-state index contributed by atoms with van der Waals surface area (Å²) in [6.07, 6.45) is 2.21. The molecule has 1 aromatic heterocycles. The van der Waals surface area contributed by atoms with Gasteiger partial charge in [-0.15, -0.1) is 0 Å². The smallest absolute Gasteiger partial charge is 0.251 e. The van der Waals surface area contributed by atoms with E-state index >= 15 is 0 Å². The first-order valence-electron chi connectivity index (χ1n) is 7.98. The summed E-state index contributed by atoms with van der Waals surface area (Å²) in [5.41, 5.74) is 1.90. The van der Waals surface area contributed by atoms with E-state index in [0.29, 0.717) is 18.0 Å². The Morgan fingerprint density at radius 1 is 1.22 bits per heavy atom. The topological polar surface area (TPSA) is 32.3 Å². The predicted molar refractivity (Wildman–Crippen MR) is 91.1 cm³/mol. The third-order valence-electron chi connectivity index (χ3n) is 4.35. The van der Waals surface area contributed by atoms with E-state index in [2.05, 4.69) is 27.0 Å². The Balaban J connectivity index is 1.40. The molecule has 0 atom stereocenters. The molecule has 1 saturated heterocycles. The highest BCUT2D eigenvalue weighted by molar-refractivity contribution is 7.07. The third kappa shape index (κ3) is 4.62. The number of benzene rings is 1. The van der Waals surface area contributed by atoms with Crippen LogP contribution < -0.4 is 5.32 Å². The lowest BCUT2D eigenvalue weighted by molar-refractivity contribution is 0.0935. The number of amides is 1. The van der Waals surface area contributed by atoms with Crippen LogP contribution in [-0.2, 0) is 6.54 Å². The van der Waals surface area contributed by atoms with Gasteiger partial charge in [-0.2, -0.15) is 11.3 Å². The highest BCUT2D eigenvalue weighted by Gasteiger charge is 2.20. The summed E-state index contributed by atoms with van der Waals surface area (Å²) in [4.78, 5) is 14.5. The Morgan fingerprint density at radius 2 is 1.96 bits per heavy atom. The standard InChI is InChI=1S/C18H21FN2OS/c19-17-3-1-16(2-4-17)18(22)20-11-14-5-8-21(9-6-14)12-15-7-10-23-13-15/h1-4,7,10,13-14H,5-6,8-9,11-12H2,(H,20,22). The minimum absolute atomic E-state index is 0.120. The first-order chi connectivity index (χ1) is 11.2. The maximum Gasteiger partial charge on any atom is 0.251 e. The van der Waals surface area contributed by atoms with Crippen molar-refractivity contribution in [1.82, 2.24) is 10.2 Å². The second-order valence-corrected chi connectivity index (χ2v) is 6.85. The highest BCUT2D eigenvalue weighted by Crippen LogP contribution is 2.19. The molecule has 0 unspecified atom stereocenters. The van der Waals surface area contributed by atoms with E-state index < -0.39 is 0 Å². The number of hydrogen-bond donors (Lipinski definition) is 1. The first-order valence-corrected chi connectivity index (χ1v) is 8.92. The molecule has 1 N–H and O–H groups in total. The largest absolute Gasteiger partial charge is 0.352 e. The Labute approximate surface area is 140 Å². The van der Waals surface area contributed by atoms with Crippen molar-refractivity contribution >= 4 is 17.2 Å². The zero-order chi connectivity index (χ0) is 16.1. The number of thiophene rings is 1. The number of rotatable bonds is 5. The van der Waals surface area contributed by atoms with Gasteiger partial charge in [-0.05, 0) is 78.5 Å². The normalized spacial score (nSPS) is 16.4. The van der Waals surface area contributed by atoms with Crippen molar-refractivity contribution < 1.29 is 9.18 Å². The van der Waals surface area contributed by atoms with Crippen molar-refractivity contribution in [3.8, 4) is 0 Å². The molecular weight excluding hydrogens is 311 g/mol. The van der Waals surface area contributed by atoms with Crippen molar-refractivity contribution in [1.29, 1.82) is 0 Å². The average molecular weight is 332 g/mol. The summed E-state index contributed by atoms with van der Waals surface area (Å²) in [7, 11) is 0. The van der Waals surface area contributed by atoms with E-state index in [1.807, 2.05) is 0 Å². The molecule has 5 heteroatoms. The lowest BCUT2D eigenvalue weighted by atomic mass is 9.96. The third-order valence-corrected chi connectivity index (χ3v) is 5.08. The van der Waals surface area contributed by atoms with Crippen LogP contribution in [0.5, 0.6) is 0 Å². The van der Waals surface area contributed by atoms with Crippen LogP contribution in [0, 0.1) is 11.7 Å². The van der Waals surface area contributed by atoms with Crippen LogP contribution in [-0.4, -0.2) is 30.4 Å². The van der Waals surface area contributed by atoms with Crippen LogP contribution in [0.25, 0.3) is 0 Å². The molecule has 1 aromatic carbocycles. The number of carbonyl (C=O) groups is 1. The number of piperidine rings is 1. The van der Waals surface area contributed by atoms with Gasteiger partial charge in [0, 0.05) is 18.7 Å². The van der Waals surface area contributed by atoms with Gasteiger partial charge in [0.2, 0.25) is 0 Å². The average Bonchev–Trinajstić information content (AvgIpc) is 3.07. The van der Waals surface area contributed by atoms with E-state index in [1.165, 1.54) is 29.8 Å². The maximum atomic E-state index is 12.9. The molecule has 23 heavy (non-hydrogen) atoms. The molecule has 1 fully saturated rings. The molecule has 1 amide bonds. The summed E-state index contributed by atoms with van der Waals surface area (Å²) >= 11 is 1.74. The second-order valence-electron chi connectivity index (χ2n) is 6.07. The van der Waals surface area contributed by atoms with Crippen LogP contribution in [0.2, 0.25) is 0 Å². The Hall–Kier alpha value is -1.72. The van der Waals surface area contributed by atoms with Crippen molar-refractivity contribution in [2.75, 3.05) is 19.6 Å². The van der Waals surface area contributed by atoms with E-state index in [1.54, 1.807) is 11.3 Å². The Kier molecular flexibility index (Phi) is 5.41. The summed E-state index contributed by atoms with van der Waals surface area (Å²) in [5.74, 6) is 0.0865. The van der Waals surface area contributed by atoms with Crippen LogP contribution in [0.4, 0.5) is 4.39 Å². The molecule has 122 valence electrons. The number of carbonyl (C=O) groups excluding carboxylic acids is 1. The quantitative estimate of drug-likeness (QED) is 0.908. The van der Waals surface area contributed by atoms with Gasteiger partial charge >= 0.3 is 0 Å². The number of nitrogens with one attached hydrogen (secondary N) is 1. The van der Waals surface area contributed by atoms with Gasteiger partial charge in [0.25, 0.3) is 5.91 Å². The van der Waals surface area contributed by atoms with Gasteiger partial charge in [0.05, 0.1) is 0 Å². The lowest BCUT2D eigenvalue weighted by Crippen LogP contribution is -2.38. The minimum atomic E-state index is -0.320. The van der Waals surface area contributed by atoms with Gasteiger partial charge in [0.1, 0.15) is 5.82 Å². The molecule has 0 bridgehead atoms. The van der Waals surface area contributed by atoms with Gasteiger partial charge in [0.15, 0.2) is 0 Å². The molecule has 0 aliphatic carbocycles. The molecule has 2 aromatic rings. The first kappa shape index (κ1) is 16.1. The summed E-state index contributed by atoms with van der Waals surface area (Å²) in [6.45, 7) is 3.88. The Morgan fingerprint density at radius 3 is 2.61 bits per heavy atom. The van der Waals surface area contributed by atoms with Crippen LogP contribution >= 0.6 is 11.3 Å². The fourth-order valence-corrected chi connectivity index (χ4v) is 3.59. The van der Waals surface area contributed by atoms with E-state index in [4.69, 9.17) is 0 Å². The molecule has 1 aliphatic heterocycles. The number of hydrogen-bond acceptors (Lipinski definition) is 3. The zero-order valence-electron chi connectivity index (χ0n) is 13.0. The van der Waals surface area contributed by atoms with Gasteiger partial charge < -0.3 is 5.32 Å². The molecule has 3 nitrogen and oxygen atoms in total. The molecule has 2 heterocycles. The van der Waals surface area contributed by atoms with E-state index in [-0.39, 0.29) is 11.7 Å². The van der Waals surface area contributed by atoms with Crippen LogP contribution in [0.15, 0.2) is 41.1 Å². The van der Waals surface area contributed by atoms with Crippen LogP contribution in [0.1, 0.15) is 28.8 Å². The predicted octanol–water partition coefficient (Wildman–Crippen LogP) is 3.53. The van der Waals surface area contributed by atoms with Crippen LogP contribution in [0.3, 0.4) is 0 Å². The maximum absolute atomic E-state index is 12.9. The van der Waals surface area contributed by atoms with Crippen molar-refractivity contribution in [3.63, 3.8) is 0 Å².